The van der Waals surface area contributed by atoms with E-state index in [0.29, 0.717) is 0 Å². The normalized spacial score (nSPS) is 14.9. The van der Waals surface area contributed by atoms with Crippen LogP contribution in [-0.2, 0) is 6.42 Å². The smallest absolute Gasteiger partial charge is 0.123 e. The predicted molar refractivity (Wildman–Crippen MR) is 62.8 cm³/mol. The number of benzene rings is 1. The van der Waals surface area contributed by atoms with Crippen LogP contribution in [0, 0.1) is 6.42 Å². The monoisotopic (exact) mass is 213 g/mol. The first kappa shape index (κ1) is 9.10. The van der Waals surface area contributed by atoms with Gasteiger partial charge in [-0.25, -0.2) is 4.98 Å². The van der Waals surface area contributed by atoms with Crippen LogP contribution in [0.15, 0.2) is 29.8 Å². The molecule has 2 heteroatoms. The van der Waals surface area contributed by atoms with Crippen LogP contribution in [0.3, 0.4) is 0 Å². The lowest BCUT2D eigenvalue weighted by atomic mass is 9.90. The van der Waals surface area contributed by atoms with Gasteiger partial charge in [-0.2, -0.15) is 0 Å². The Morgan fingerprint density at radius 1 is 1.33 bits per heavy atom. The summed E-state index contributed by atoms with van der Waals surface area (Å²) in [4.78, 5) is 4.33. The molecule has 0 atom stereocenters. The minimum Gasteiger partial charge on any atom is -0.245 e. The molecule has 15 heavy (non-hydrogen) atoms. The summed E-state index contributed by atoms with van der Waals surface area (Å²) in [6, 6.07) is 6.61. The van der Waals surface area contributed by atoms with Crippen LogP contribution in [0.1, 0.15) is 24.0 Å². The average Bonchev–Trinajstić information content (AvgIpc) is 2.82. The van der Waals surface area contributed by atoms with Crippen molar-refractivity contribution in [1.29, 1.82) is 0 Å². The summed E-state index contributed by atoms with van der Waals surface area (Å²) < 4.78 is 0. The van der Waals surface area contributed by atoms with Crippen LogP contribution in [0.25, 0.3) is 10.6 Å². The molecule has 2 radical (unpaired) electrons. The molecule has 74 valence electrons. The standard InChI is InChI=1S/C13H11NS/c1-2-4-11-9-12(6-5-10(11)3-1)13-14-7-8-15-13/h5-9H,1-3H2. The maximum Gasteiger partial charge on any atom is 0.123 e. The fourth-order valence-electron chi connectivity index (χ4n) is 1.96. The molecule has 2 aromatic rings. The number of hydrogen-bond donors (Lipinski definition) is 0. The van der Waals surface area contributed by atoms with Crippen molar-refractivity contribution in [2.75, 3.05) is 0 Å². The minimum absolute atomic E-state index is 1.09. The number of thiazole rings is 1. The Bertz CT molecular complexity index is 459. The predicted octanol–water partition coefficient (Wildman–Crippen LogP) is 3.58. The molecule has 1 aliphatic rings. The highest BCUT2D eigenvalue weighted by Crippen LogP contribution is 2.29. The SMILES string of the molecule is [C]1CCCc2ccc(-c3nccs3)cc21. The van der Waals surface area contributed by atoms with Crippen molar-refractivity contribution in [3.05, 3.63) is 47.3 Å². The first-order valence-electron chi connectivity index (χ1n) is 5.20. The Morgan fingerprint density at radius 3 is 3.20 bits per heavy atom. The lowest BCUT2D eigenvalue weighted by molar-refractivity contribution is 0.775. The van der Waals surface area contributed by atoms with Crippen LogP contribution < -0.4 is 0 Å². The fraction of sp³-hybridized carbons (Fsp3) is 0.231. The molecule has 0 bridgehead atoms. The van der Waals surface area contributed by atoms with Crippen LogP contribution in [0.5, 0.6) is 0 Å². The molecular formula is C13H11NS. The number of nitrogens with zero attached hydrogens (tertiary/aromatic N) is 1. The highest BCUT2D eigenvalue weighted by molar-refractivity contribution is 7.13. The van der Waals surface area contributed by atoms with Crippen LogP contribution in [0.4, 0.5) is 0 Å². The maximum atomic E-state index is 4.33. The molecule has 0 aliphatic heterocycles. The molecule has 0 saturated heterocycles. The van der Waals surface area contributed by atoms with E-state index < -0.39 is 0 Å². The van der Waals surface area contributed by atoms with E-state index in [9.17, 15) is 0 Å². The van der Waals surface area contributed by atoms with Gasteiger partial charge >= 0.3 is 0 Å². The van der Waals surface area contributed by atoms with Gasteiger partial charge < -0.3 is 0 Å². The van der Waals surface area contributed by atoms with Gasteiger partial charge in [-0.3, -0.25) is 0 Å². The summed E-state index contributed by atoms with van der Waals surface area (Å²) in [6.07, 6.45) is 8.82. The first-order valence-corrected chi connectivity index (χ1v) is 6.08. The second-order valence-corrected chi connectivity index (χ2v) is 4.63. The van der Waals surface area contributed by atoms with Crippen molar-refractivity contribution in [1.82, 2.24) is 4.98 Å². The number of rotatable bonds is 1. The fourth-order valence-corrected chi connectivity index (χ4v) is 2.60. The number of aromatic nitrogens is 1. The highest BCUT2D eigenvalue weighted by Gasteiger charge is 2.11. The third kappa shape index (κ3) is 1.70. The molecule has 3 rings (SSSR count). The zero-order valence-corrected chi connectivity index (χ0v) is 9.18. The van der Waals surface area contributed by atoms with Gasteiger partial charge in [0, 0.05) is 23.6 Å². The molecule has 0 unspecified atom stereocenters. The Hall–Kier alpha value is -1.15. The van der Waals surface area contributed by atoms with Crippen molar-refractivity contribution < 1.29 is 0 Å². The zero-order valence-electron chi connectivity index (χ0n) is 8.36. The third-order valence-corrected chi connectivity index (χ3v) is 3.55. The lowest BCUT2D eigenvalue weighted by Gasteiger charge is -2.15. The van der Waals surface area contributed by atoms with E-state index in [1.807, 2.05) is 11.6 Å². The van der Waals surface area contributed by atoms with Crippen molar-refractivity contribution >= 4 is 11.3 Å². The van der Waals surface area contributed by atoms with Crippen LogP contribution in [0.2, 0.25) is 0 Å². The minimum atomic E-state index is 1.09. The van der Waals surface area contributed by atoms with E-state index >= 15 is 0 Å². The first-order chi connectivity index (χ1) is 7.43. The second kappa shape index (κ2) is 3.78. The lowest BCUT2D eigenvalue weighted by Crippen LogP contribution is -2.00. The van der Waals surface area contributed by atoms with Gasteiger partial charge in [-0.15, -0.1) is 11.3 Å². The average molecular weight is 213 g/mol. The number of fused-ring (bicyclic) bond motifs is 1. The number of aryl methyl sites for hydroxylation is 1. The molecule has 0 spiro atoms. The summed E-state index contributed by atoms with van der Waals surface area (Å²) >= 11 is 1.69. The van der Waals surface area contributed by atoms with E-state index in [1.54, 1.807) is 11.3 Å². The molecule has 1 aromatic heterocycles. The van der Waals surface area contributed by atoms with Gasteiger partial charge in [-0.05, 0) is 36.5 Å². The van der Waals surface area contributed by atoms with Crippen molar-refractivity contribution in [3.63, 3.8) is 0 Å². The van der Waals surface area contributed by atoms with E-state index in [-0.39, 0.29) is 0 Å². The van der Waals surface area contributed by atoms with Crippen molar-refractivity contribution in [2.24, 2.45) is 0 Å². The Kier molecular flexibility index (Phi) is 2.29. The molecule has 1 heterocycles. The van der Waals surface area contributed by atoms with E-state index in [0.717, 1.165) is 11.4 Å². The van der Waals surface area contributed by atoms with Gasteiger partial charge in [0.15, 0.2) is 0 Å². The second-order valence-electron chi connectivity index (χ2n) is 3.74. The van der Waals surface area contributed by atoms with E-state index in [4.69, 9.17) is 0 Å². The Morgan fingerprint density at radius 2 is 2.33 bits per heavy atom. The van der Waals surface area contributed by atoms with E-state index in [2.05, 4.69) is 29.6 Å². The highest BCUT2D eigenvalue weighted by atomic mass is 32.1. The summed E-state index contributed by atoms with van der Waals surface area (Å²) in [5.41, 5.74) is 3.94. The largest absolute Gasteiger partial charge is 0.245 e. The molecule has 1 aliphatic carbocycles. The molecule has 1 nitrogen and oxygen atoms in total. The topological polar surface area (TPSA) is 12.9 Å². The van der Waals surface area contributed by atoms with Gasteiger partial charge in [-0.1, -0.05) is 12.1 Å². The van der Waals surface area contributed by atoms with Crippen LogP contribution in [-0.4, -0.2) is 4.98 Å². The molecule has 1 aromatic carbocycles. The molecule has 0 N–H and O–H groups in total. The Labute approximate surface area is 93.8 Å². The summed E-state index contributed by atoms with van der Waals surface area (Å²) in [5.74, 6) is 0. The third-order valence-electron chi connectivity index (χ3n) is 2.73. The van der Waals surface area contributed by atoms with Gasteiger partial charge in [0.2, 0.25) is 0 Å². The maximum absolute atomic E-state index is 4.33. The van der Waals surface area contributed by atoms with Crippen LogP contribution >= 0.6 is 11.3 Å². The summed E-state index contributed by atoms with van der Waals surface area (Å²) in [5, 5.41) is 3.12. The summed E-state index contributed by atoms with van der Waals surface area (Å²) in [6.45, 7) is 0. The van der Waals surface area contributed by atoms with Gasteiger partial charge in [0.05, 0.1) is 0 Å². The Balaban J connectivity index is 2.04. The number of hydrogen-bond acceptors (Lipinski definition) is 2. The molecule has 0 fully saturated rings. The van der Waals surface area contributed by atoms with Crippen molar-refractivity contribution in [3.8, 4) is 10.6 Å². The molecular weight excluding hydrogens is 202 g/mol. The van der Waals surface area contributed by atoms with Crippen molar-refractivity contribution in [2.45, 2.75) is 19.3 Å². The molecule has 0 saturated carbocycles. The van der Waals surface area contributed by atoms with Gasteiger partial charge in [0.25, 0.3) is 0 Å². The van der Waals surface area contributed by atoms with Gasteiger partial charge in [0.1, 0.15) is 5.01 Å². The zero-order chi connectivity index (χ0) is 10.1. The van der Waals surface area contributed by atoms with E-state index in [1.165, 1.54) is 29.5 Å². The quantitative estimate of drug-likeness (QED) is 0.705. The molecule has 0 amide bonds. The summed E-state index contributed by atoms with van der Waals surface area (Å²) in [7, 11) is 0.